The van der Waals surface area contributed by atoms with Crippen molar-refractivity contribution >= 4 is 35.0 Å². The highest BCUT2D eigenvalue weighted by Gasteiger charge is 2.28. The lowest BCUT2D eigenvalue weighted by Gasteiger charge is -2.24. The zero-order chi connectivity index (χ0) is 23.8. The number of hydrogen-bond acceptors (Lipinski definition) is 5. The highest BCUT2D eigenvalue weighted by molar-refractivity contribution is 8.00. The average Bonchev–Trinajstić information content (AvgIpc) is 2.85. The highest BCUT2D eigenvalue weighted by atomic mass is 35.5. The molecular weight excluding hydrogens is 468 g/mol. The molecule has 0 spiro atoms. The first-order chi connectivity index (χ1) is 16.6. The maximum absolute atomic E-state index is 12.5. The van der Waals surface area contributed by atoms with Gasteiger partial charge in [-0.1, -0.05) is 48.0 Å². The van der Waals surface area contributed by atoms with E-state index in [0.29, 0.717) is 18.2 Å². The van der Waals surface area contributed by atoms with Gasteiger partial charge in [0.25, 0.3) is 0 Å². The summed E-state index contributed by atoms with van der Waals surface area (Å²) < 4.78 is 11.6. The van der Waals surface area contributed by atoms with E-state index in [9.17, 15) is 4.79 Å². The Morgan fingerprint density at radius 2 is 1.68 bits per heavy atom. The number of carbonyl (C=O) groups is 1. The average molecular weight is 497 g/mol. The molecular formula is C27H29ClN2O3S. The predicted molar refractivity (Wildman–Crippen MR) is 139 cm³/mol. The molecule has 3 aromatic rings. The van der Waals surface area contributed by atoms with Crippen molar-refractivity contribution in [3.63, 3.8) is 0 Å². The van der Waals surface area contributed by atoms with Crippen molar-refractivity contribution in [2.45, 2.75) is 23.0 Å². The highest BCUT2D eigenvalue weighted by Crippen LogP contribution is 2.43. The van der Waals surface area contributed by atoms with Crippen molar-refractivity contribution in [2.75, 3.05) is 38.7 Å². The molecule has 1 heterocycles. The lowest BCUT2D eigenvalue weighted by atomic mass is 10.1. The van der Waals surface area contributed by atoms with Gasteiger partial charge in [0.1, 0.15) is 23.4 Å². The molecule has 5 nitrogen and oxygen atoms in total. The Morgan fingerprint density at radius 3 is 2.50 bits per heavy atom. The van der Waals surface area contributed by atoms with E-state index in [0.717, 1.165) is 53.6 Å². The van der Waals surface area contributed by atoms with E-state index in [2.05, 4.69) is 17.3 Å². The molecule has 1 atom stereocenters. The zero-order valence-electron chi connectivity index (χ0n) is 19.2. The fraction of sp³-hybridized carbons (Fsp3) is 0.296. The summed E-state index contributed by atoms with van der Waals surface area (Å²) >= 11 is 7.69. The minimum Gasteiger partial charge on any atom is -0.494 e. The van der Waals surface area contributed by atoms with Gasteiger partial charge < -0.3 is 19.7 Å². The molecule has 0 saturated carbocycles. The number of thioether (sulfide) groups is 1. The van der Waals surface area contributed by atoms with E-state index in [1.165, 1.54) is 0 Å². The largest absolute Gasteiger partial charge is 0.494 e. The molecule has 178 valence electrons. The maximum Gasteiger partial charge on any atom is 0.242 e. The number of likely N-dealkylation sites (N-methyl/N-ethyl adjacent to an activating group) is 1. The van der Waals surface area contributed by atoms with Gasteiger partial charge in [-0.15, -0.1) is 11.8 Å². The molecule has 7 heteroatoms. The molecule has 1 amide bonds. The van der Waals surface area contributed by atoms with E-state index in [-0.39, 0.29) is 11.2 Å². The minimum absolute atomic E-state index is 0.0127. The molecule has 1 unspecified atom stereocenters. The summed E-state index contributed by atoms with van der Waals surface area (Å²) in [7, 11) is 2.09. The van der Waals surface area contributed by atoms with Crippen LogP contribution in [0.5, 0.6) is 11.5 Å². The van der Waals surface area contributed by atoms with Crippen LogP contribution in [-0.2, 0) is 4.79 Å². The molecule has 1 N–H and O–H groups in total. The van der Waals surface area contributed by atoms with Crippen molar-refractivity contribution in [1.29, 1.82) is 0 Å². The number of carbonyl (C=O) groups excluding carboxylic acids is 1. The molecule has 0 aliphatic carbocycles. The summed E-state index contributed by atoms with van der Waals surface area (Å²) in [4.78, 5) is 15.9. The number of amides is 1. The number of ether oxygens (including phenoxy) is 2. The number of hydrogen-bond donors (Lipinski definition) is 1. The van der Waals surface area contributed by atoms with E-state index >= 15 is 0 Å². The monoisotopic (exact) mass is 496 g/mol. The number of nitrogens with zero attached hydrogens (tertiary/aromatic N) is 1. The van der Waals surface area contributed by atoms with Gasteiger partial charge in [-0.3, -0.25) is 4.79 Å². The van der Waals surface area contributed by atoms with Gasteiger partial charge in [0.2, 0.25) is 5.91 Å². The number of halogens is 1. The van der Waals surface area contributed by atoms with Crippen molar-refractivity contribution in [2.24, 2.45) is 0 Å². The van der Waals surface area contributed by atoms with Gasteiger partial charge in [0.05, 0.1) is 17.3 Å². The molecule has 34 heavy (non-hydrogen) atoms. The van der Waals surface area contributed by atoms with Crippen molar-refractivity contribution in [1.82, 2.24) is 4.90 Å². The van der Waals surface area contributed by atoms with E-state index < -0.39 is 0 Å². The number of fused-ring (bicyclic) bond motifs is 1. The van der Waals surface area contributed by atoms with Gasteiger partial charge in [0, 0.05) is 11.4 Å². The van der Waals surface area contributed by atoms with Gasteiger partial charge >= 0.3 is 0 Å². The third-order valence-electron chi connectivity index (χ3n) is 5.58. The lowest BCUT2D eigenvalue weighted by Crippen LogP contribution is -2.25. The summed E-state index contributed by atoms with van der Waals surface area (Å²) in [5.41, 5.74) is 1.86. The first-order valence-electron chi connectivity index (χ1n) is 11.5. The smallest absolute Gasteiger partial charge is 0.242 e. The lowest BCUT2D eigenvalue weighted by molar-refractivity contribution is -0.115. The molecule has 0 bridgehead atoms. The van der Waals surface area contributed by atoms with E-state index in [1.54, 1.807) is 11.8 Å². The normalized spacial score (nSPS) is 15.0. The number of para-hydroxylation sites is 2. The molecule has 1 aliphatic heterocycles. The third-order valence-corrected chi connectivity index (χ3v) is 7.22. The number of nitrogens with one attached hydrogen (secondary N) is 1. The van der Waals surface area contributed by atoms with E-state index in [1.807, 2.05) is 72.8 Å². The molecule has 3 aromatic carbocycles. The summed E-state index contributed by atoms with van der Waals surface area (Å²) in [5, 5.41) is 3.39. The SMILES string of the molecule is CN(CCCCOc1ccc(C2Sc3ccccc3NC2=O)cc1)CCOc1ccccc1Cl. The third kappa shape index (κ3) is 6.69. The van der Waals surface area contributed by atoms with E-state index in [4.69, 9.17) is 21.1 Å². The molecule has 0 aromatic heterocycles. The quantitative estimate of drug-likeness (QED) is 0.316. The number of rotatable bonds is 11. The fourth-order valence-corrected chi connectivity index (χ4v) is 4.98. The van der Waals surface area contributed by atoms with Crippen molar-refractivity contribution in [3.8, 4) is 11.5 Å². The Kier molecular flexibility index (Phi) is 8.74. The first-order valence-corrected chi connectivity index (χ1v) is 12.7. The second kappa shape index (κ2) is 12.2. The summed E-state index contributed by atoms with van der Waals surface area (Å²) in [5.74, 6) is 1.56. The van der Waals surface area contributed by atoms with Crippen molar-refractivity contribution < 1.29 is 14.3 Å². The Hall–Kier alpha value is -2.67. The Balaban J connectivity index is 1.13. The number of unbranched alkanes of at least 4 members (excludes halogenated alkanes) is 1. The van der Waals surface area contributed by atoms with Gasteiger partial charge in [-0.25, -0.2) is 0 Å². The van der Waals surface area contributed by atoms with Gasteiger partial charge in [0.15, 0.2) is 0 Å². The van der Waals surface area contributed by atoms with Crippen LogP contribution in [0.15, 0.2) is 77.7 Å². The van der Waals surface area contributed by atoms with Crippen LogP contribution in [0.25, 0.3) is 0 Å². The molecule has 0 radical (unpaired) electrons. The molecule has 0 saturated heterocycles. The van der Waals surface area contributed by atoms with Crippen LogP contribution in [0.4, 0.5) is 5.69 Å². The fourth-order valence-electron chi connectivity index (χ4n) is 3.67. The summed E-state index contributed by atoms with van der Waals surface area (Å²) in [6.45, 7) is 3.08. The minimum atomic E-state index is -0.249. The van der Waals surface area contributed by atoms with Crippen LogP contribution in [0.2, 0.25) is 5.02 Å². The van der Waals surface area contributed by atoms with Gasteiger partial charge in [-0.2, -0.15) is 0 Å². The molecule has 4 rings (SSSR count). The topological polar surface area (TPSA) is 50.8 Å². The van der Waals surface area contributed by atoms with Crippen LogP contribution < -0.4 is 14.8 Å². The summed E-state index contributed by atoms with van der Waals surface area (Å²) in [6.07, 6.45) is 2.01. The Morgan fingerprint density at radius 1 is 0.912 bits per heavy atom. The summed E-state index contributed by atoms with van der Waals surface area (Å²) in [6, 6.07) is 23.3. The number of benzene rings is 3. The zero-order valence-corrected chi connectivity index (χ0v) is 20.8. The van der Waals surface area contributed by atoms with Gasteiger partial charge in [-0.05, 0) is 68.4 Å². The van der Waals surface area contributed by atoms with Crippen molar-refractivity contribution in [3.05, 3.63) is 83.4 Å². The predicted octanol–water partition coefficient (Wildman–Crippen LogP) is 6.30. The molecule has 0 fully saturated rings. The second-order valence-corrected chi connectivity index (χ2v) is 9.74. The molecule has 1 aliphatic rings. The number of anilines is 1. The Labute approximate surface area is 210 Å². The van der Waals surface area contributed by atoms with Crippen LogP contribution in [0.1, 0.15) is 23.7 Å². The maximum atomic E-state index is 12.5. The Bertz CT molecular complexity index is 1090. The van der Waals surface area contributed by atoms with Crippen LogP contribution >= 0.6 is 23.4 Å². The standard InChI is InChI=1S/C27H29ClN2O3S/c1-30(17-19-33-24-10-4-2-8-22(24)28)16-6-7-18-32-21-14-12-20(13-15-21)26-27(31)29-23-9-3-5-11-25(23)34-26/h2-5,8-15,26H,6-7,16-19H2,1H3,(H,29,31). The first kappa shape index (κ1) is 24.5. The van der Waals surface area contributed by atoms with Crippen LogP contribution in [0.3, 0.4) is 0 Å². The van der Waals surface area contributed by atoms with Crippen LogP contribution in [-0.4, -0.2) is 44.2 Å². The second-order valence-electron chi connectivity index (χ2n) is 8.19. The van der Waals surface area contributed by atoms with Crippen LogP contribution in [0, 0.1) is 0 Å².